The van der Waals surface area contributed by atoms with Crippen molar-refractivity contribution in [2.24, 2.45) is 5.92 Å². The maximum absolute atomic E-state index is 13.5. The van der Waals surface area contributed by atoms with Crippen LogP contribution in [0.2, 0.25) is 0 Å². The van der Waals surface area contributed by atoms with E-state index in [1.807, 2.05) is 35.2 Å². The molecule has 154 valence electrons. The number of pyridine rings is 1. The second-order valence-corrected chi connectivity index (χ2v) is 9.14. The molecule has 0 bridgehead atoms. The normalized spacial score (nSPS) is 25.9. The maximum atomic E-state index is 13.5. The van der Waals surface area contributed by atoms with Gasteiger partial charge >= 0.3 is 5.97 Å². The molecule has 1 aromatic heterocycles. The van der Waals surface area contributed by atoms with E-state index in [1.54, 1.807) is 12.4 Å². The second-order valence-electron chi connectivity index (χ2n) is 9.14. The van der Waals surface area contributed by atoms with Gasteiger partial charge in [-0.25, -0.2) is 4.79 Å². The van der Waals surface area contributed by atoms with Gasteiger partial charge in [0.05, 0.1) is 24.1 Å². The lowest BCUT2D eigenvalue weighted by Gasteiger charge is -2.27. The van der Waals surface area contributed by atoms with Crippen LogP contribution in [-0.2, 0) is 20.5 Å². The maximum Gasteiger partial charge on any atom is 0.341 e. The fourth-order valence-electron chi connectivity index (χ4n) is 4.92. The summed E-state index contributed by atoms with van der Waals surface area (Å²) in [6.07, 6.45) is 8.13. The first-order valence-corrected chi connectivity index (χ1v) is 10.8. The summed E-state index contributed by atoms with van der Waals surface area (Å²) in [6.45, 7) is 1.80. The standard InChI is InChI=1S/C24H24N2O4/c27-21-19-13-25-11-7-20(19)24(30-21)10-12-26(15-24)22(28)23(8-9-23)17-3-5-18(6-4-17)29-14-16-1-2-16/h3-7,11,13,16H,1-2,8-10,12,14-15H2. The molecule has 2 aliphatic carbocycles. The van der Waals surface area contributed by atoms with Gasteiger partial charge in [0.25, 0.3) is 0 Å². The van der Waals surface area contributed by atoms with E-state index in [9.17, 15) is 9.59 Å². The number of carbonyl (C=O) groups is 2. The van der Waals surface area contributed by atoms with Gasteiger partial charge in [-0.2, -0.15) is 0 Å². The zero-order chi connectivity index (χ0) is 20.3. The van der Waals surface area contributed by atoms with Crippen molar-refractivity contribution in [2.75, 3.05) is 19.7 Å². The number of nitrogens with zero attached hydrogens (tertiary/aromatic N) is 2. The first-order chi connectivity index (χ1) is 14.6. The molecule has 2 aliphatic heterocycles. The van der Waals surface area contributed by atoms with Gasteiger partial charge in [0.2, 0.25) is 5.91 Å². The molecule has 0 radical (unpaired) electrons. The van der Waals surface area contributed by atoms with Crippen molar-refractivity contribution in [1.29, 1.82) is 0 Å². The molecule has 1 aromatic carbocycles. The van der Waals surface area contributed by atoms with E-state index in [4.69, 9.17) is 9.47 Å². The van der Waals surface area contributed by atoms with Gasteiger partial charge in [-0.3, -0.25) is 9.78 Å². The molecule has 4 aliphatic rings. The fourth-order valence-corrected chi connectivity index (χ4v) is 4.92. The largest absolute Gasteiger partial charge is 0.493 e. The second kappa shape index (κ2) is 6.30. The van der Waals surface area contributed by atoms with Crippen molar-refractivity contribution in [3.8, 4) is 5.75 Å². The molecular formula is C24H24N2O4. The quantitative estimate of drug-likeness (QED) is 0.716. The van der Waals surface area contributed by atoms with Gasteiger partial charge in [-0.05, 0) is 55.4 Å². The third kappa shape index (κ3) is 2.73. The average Bonchev–Trinajstić information content (AvgIpc) is 3.70. The summed E-state index contributed by atoms with van der Waals surface area (Å²) in [5, 5.41) is 0. The van der Waals surface area contributed by atoms with E-state index in [0.29, 0.717) is 31.0 Å². The van der Waals surface area contributed by atoms with Crippen molar-refractivity contribution in [3.63, 3.8) is 0 Å². The van der Waals surface area contributed by atoms with Gasteiger partial charge < -0.3 is 14.4 Å². The molecule has 1 unspecified atom stereocenters. The van der Waals surface area contributed by atoms with Gasteiger partial charge in [-0.15, -0.1) is 0 Å². The molecule has 3 fully saturated rings. The average molecular weight is 404 g/mol. The van der Waals surface area contributed by atoms with E-state index >= 15 is 0 Å². The number of benzene rings is 1. The van der Waals surface area contributed by atoms with Crippen LogP contribution in [0.5, 0.6) is 5.75 Å². The number of hydrogen-bond donors (Lipinski definition) is 0. The molecule has 6 rings (SSSR count). The minimum absolute atomic E-state index is 0.143. The summed E-state index contributed by atoms with van der Waals surface area (Å²) in [7, 11) is 0. The predicted octanol–water partition coefficient (Wildman–Crippen LogP) is 3.20. The number of rotatable bonds is 5. The van der Waals surface area contributed by atoms with Crippen LogP contribution in [0.25, 0.3) is 0 Å². The van der Waals surface area contributed by atoms with E-state index < -0.39 is 11.0 Å². The molecular weight excluding hydrogens is 380 g/mol. The predicted molar refractivity (Wildman–Crippen MR) is 108 cm³/mol. The Morgan fingerprint density at radius 2 is 1.97 bits per heavy atom. The Morgan fingerprint density at radius 1 is 1.17 bits per heavy atom. The first-order valence-electron chi connectivity index (χ1n) is 10.8. The summed E-state index contributed by atoms with van der Waals surface area (Å²) in [5.74, 6) is 1.39. The van der Waals surface area contributed by atoms with E-state index in [1.165, 1.54) is 12.8 Å². The highest BCUT2D eigenvalue weighted by atomic mass is 16.6. The first kappa shape index (κ1) is 17.9. The van der Waals surface area contributed by atoms with Crippen LogP contribution in [0.1, 0.15) is 53.6 Å². The minimum atomic E-state index is -0.721. The minimum Gasteiger partial charge on any atom is -0.493 e. The third-order valence-corrected chi connectivity index (χ3v) is 7.09. The Labute approximate surface area is 175 Å². The number of likely N-dealkylation sites (tertiary alicyclic amines) is 1. The third-order valence-electron chi connectivity index (χ3n) is 7.09. The van der Waals surface area contributed by atoms with Gasteiger partial charge in [0.1, 0.15) is 5.75 Å². The summed E-state index contributed by atoms with van der Waals surface area (Å²) < 4.78 is 11.6. The van der Waals surface area contributed by atoms with E-state index in [0.717, 1.165) is 36.3 Å². The van der Waals surface area contributed by atoms with Crippen LogP contribution in [-0.4, -0.2) is 41.5 Å². The topological polar surface area (TPSA) is 68.7 Å². The van der Waals surface area contributed by atoms with Crippen molar-refractivity contribution < 1.29 is 19.1 Å². The summed E-state index contributed by atoms with van der Waals surface area (Å²) in [4.78, 5) is 31.7. The molecule has 6 nitrogen and oxygen atoms in total. The molecule has 1 amide bonds. The number of hydrogen-bond acceptors (Lipinski definition) is 5. The monoisotopic (exact) mass is 404 g/mol. The number of aromatic nitrogens is 1. The van der Waals surface area contributed by atoms with Crippen LogP contribution in [0.15, 0.2) is 42.7 Å². The van der Waals surface area contributed by atoms with Crippen LogP contribution in [0, 0.1) is 5.92 Å². The number of ether oxygens (including phenoxy) is 2. The lowest BCUT2D eigenvalue weighted by Crippen LogP contribution is -2.40. The SMILES string of the molecule is O=C1OC2(CCN(C(=O)C3(c4ccc(OCC5CC5)cc4)CC3)C2)c2ccncc21. The van der Waals surface area contributed by atoms with Crippen LogP contribution in [0.4, 0.5) is 0 Å². The summed E-state index contributed by atoms with van der Waals surface area (Å²) in [6, 6.07) is 9.89. The Bertz CT molecular complexity index is 1030. The molecule has 2 saturated carbocycles. The van der Waals surface area contributed by atoms with E-state index in [2.05, 4.69) is 4.98 Å². The molecule has 30 heavy (non-hydrogen) atoms. The van der Waals surface area contributed by atoms with Crippen molar-refractivity contribution >= 4 is 11.9 Å². The van der Waals surface area contributed by atoms with E-state index in [-0.39, 0.29) is 11.9 Å². The zero-order valence-corrected chi connectivity index (χ0v) is 16.8. The Balaban J connectivity index is 1.19. The number of esters is 1. The van der Waals surface area contributed by atoms with Gasteiger partial charge in [0, 0.05) is 30.9 Å². The van der Waals surface area contributed by atoms with Crippen LogP contribution in [0.3, 0.4) is 0 Å². The lowest BCUT2D eigenvalue weighted by molar-refractivity contribution is -0.134. The highest BCUT2D eigenvalue weighted by Crippen LogP contribution is 2.52. The molecule has 1 spiro atoms. The fraction of sp³-hybridized carbons (Fsp3) is 0.458. The van der Waals surface area contributed by atoms with Crippen molar-refractivity contribution in [2.45, 2.75) is 43.1 Å². The van der Waals surface area contributed by atoms with Crippen LogP contribution < -0.4 is 4.74 Å². The number of amides is 1. The Hall–Kier alpha value is -2.89. The van der Waals surface area contributed by atoms with Crippen LogP contribution >= 0.6 is 0 Å². The molecule has 6 heteroatoms. The molecule has 3 heterocycles. The van der Waals surface area contributed by atoms with Gasteiger partial charge in [0.15, 0.2) is 5.60 Å². The summed E-state index contributed by atoms with van der Waals surface area (Å²) in [5.41, 5.74) is 1.28. The van der Waals surface area contributed by atoms with Crippen molar-refractivity contribution in [1.82, 2.24) is 9.88 Å². The molecule has 2 aromatic rings. The molecule has 1 saturated heterocycles. The number of carbonyl (C=O) groups excluding carboxylic acids is 2. The molecule has 0 N–H and O–H groups in total. The highest BCUT2D eigenvalue weighted by molar-refractivity contribution is 5.95. The highest BCUT2D eigenvalue weighted by Gasteiger charge is 2.57. The Morgan fingerprint density at radius 3 is 2.70 bits per heavy atom. The lowest BCUT2D eigenvalue weighted by atomic mass is 9.92. The van der Waals surface area contributed by atoms with Crippen molar-refractivity contribution in [3.05, 3.63) is 59.4 Å². The zero-order valence-electron chi connectivity index (χ0n) is 16.8. The summed E-state index contributed by atoms with van der Waals surface area (Å²) >= 11 is 0. The number of fused-ring (bicyclic) bond motifs is 2. The Kier molecular flexibility index (Phi) is 3.77. The van der Waals surface area contributed by atoms with Gasteiger partial charge in [-0.1, -0.05) is 12.1 Å². The smallest absolute Gasteiger partial charge is 0.341 e. The molecule has 1 atom stereocenters.